The Labute approximate surface area is 79.1 Å². The van der Waals surface area contributed by atoms with Crippen molar-refractivity contribution in [1.29, 1.82) is 0 Å². The molecule has 0 aliphatic heterocycles. The van der Waals surface area contributed by atoms with Crippen LogP contribution in [-0.4, -0.2) is 9.97 Å². The van der Waals surface area contributed by atoms with Crippen LogP contribution in [0.2, 0.25) is 0 Å². The molecule has 0 saturated heterocycles. The number of aromatic amines is 1. The number of thiazole rings is 1. The number of nitrogens with zero attached hydrogens (tertiary/aromatic N) is 1. The minimum Gasteiger partial charge on any atom is -0.328 e. The quantitative estimate of drug-likeness (QED) is 0.749. The summed E-state index contributed by atoms with van der Waals surface area (Å²) in [6.45, 7) is 1.94. The zero-order valence-corrected chi connectivity index (χ0v) is 7.89. The van der Waals surface area contributed by atoms with Gasteiger partial charge in [0.2, 0.25) is 0 Å². The highest BCUT2D eigenvalue weighted by atomic mass is 32.1. The number of nitrogens with one attached hydrogen (secondary N) is 1. The molecule has 2 rings (SSSR count). The van der Waals surface area contributed by atoms with Gasteiger partial charge in [0, 0.05) is 12.4 Å². The molecule has 2 heterocycles. The number of hydrogen-bond acceptors (Lipinski definition) is 3. The number of hydrogen-bond donors (Lipinski definition) is 1. The molecular weight excluding hydrogens is 184 g/mol. The van der Waals surface area contributed by atoms with Crippen LogP contribution in [0.4, 0.5) is 0 Å². The van der Waals surface area contributed by atoms with Crippen molar-refractivity contribution in [3.8, 4) is 10.4 Å². The topological polar surface area (TPSA) is 45.8 Å². The van der Waals surface area contributed by atoms with Crippen LogP contribution in [0, 0.1) is 6.92 Å². The first-order valence-electron chi connectivity index (χ1n) is 3.85. The van der Waals surface area contributed by atoms with Gasteiger partial charge in [-0.25, -0.2) is 0 Å². The zero-order valence-electron chi connectivity index (χ0n) is 7.07. The molecule has 2 aromatic rings. The Bertz CT molecular complexity index is 459. The first-order valence-corrected chi connectivity index (χ1v) is 4.73. The highest BCUT2D eigenvalue weighted by molar-refractivity contribution is 7.13. The number of aryl methyl sites for hydroxylation is 1. The third-order valence-corrected chi connectivity index (χ3v) is 2.55. The van der Waals surface area contributed by atoms with Crippen molar-refractivity contribution in [3.05, 3.63) is 39.9 Å². The molecule has 0 unspecified atom stereocenters. The molecule has 0 radical (unpaired) electrons. The molecule has 0 aliphatic carbocycles. The summed E-state index contributed by atoms with van der Waals surface area (Å²) in [6, 6.07) is 1.87. The van der Waals surface area contributed by atoms with E-state index in [-0.39, 0.29) is 5.56 Å². The smallest absolute Gasteiger partial charge is 0.256 e. The fraction of sp³-hybridized carbons (Fsp3) is 0.111. The number of pyridine rings is 1. The third-order valence-electron chi connectivity index (χ3n) is 1.75. The summed E-state index contributed by atoms with van der Waals surface area (Å²) in [4.78, 5) is 18.9. The molecule has 0 atom stereocenters. The summed E-state index contributed by atoms with van der Waals surface area (Å²) in [7, 11) is 0. The molecule has 0 spiro atoms. The second kappa shape index (κ2) is 3.14. The van der Waals surface area contributed by atoms with Crippen LogP contribution in [0.25, 0.3) is 10.4 Å². The average molecular weight is 192 g/mol. The molecule has 0 fully saturated rings. The van der Waals surface area contributed by atoms with E-state index < -0.39 is 0 Å². The minimum absolute atomic E-state index is 0.0603. The Kier molecular flexibility index (Phi) is 1.98. The summed E-state index contributed by atoms with van der Waals surface area (Å²) in [5, 5.41) is 0. The predicted molar refractivity (Wildman–Crippen MR) is 52.9 cm³/mol. The Morgan fingerprint density at radius 3 is 3.08 bits per heavy atom. The molecule has 4 heteroatoms. The lowest BCUT2D eigenvalue weighted by atomic mass is 10.2. The first-order chi connectivity index (χ1) is 6.27. The third kappa shape index (κ3) is 1.53. The van der Waals surface area contributed by atoms with Crippen LogP contribution >= 0.6 is 11.3 Å². The SMILES string of the molecule is Cc1c[nH]c(=O)c(-c2cncs2)c1. The molecule has 0 aromatic carbocycles. The maximum atomic E-state index is 11.4. The van der Waals surface area contributed by atoms with E-state index in [9.17, 15) is 4.79 Å². The molecule has 66 valence electrons. The normalized spacial score (nSPS) is 10.2. The van der Waals surface area contributed by atoms with Crippen molar-refractivity contribution in [3.63, 3.8) is 0 Å². The Balaban J connectivity index is 2.64. The van der Waals surface area contributed by atoms with Gasteiger partial charge in [-0.2, -0.15) is 0 Å². The standard InChI is InChI=1S/C9H8N2OS/c1-6-2-7(9(12)11-3-6)8-4-10-5-13-8/h2-5H,1H3,(H,11,12). The van der Waals surface area contributed by atoms with E-state index in [2.05, 4.69) is 9.97 Å². The van der Waals surface area contributed by atoms with Crippen LogP contribution in [0.3, 0.4) is 0 Å². The second-order valence-corrected chi connectivity index (χ2v) is 3.67. The van der Waals surface area contributed by atoms with Crippen LogP contribution in [0.15, 0.2) is 28.8 Å². The molecule has 2 aromatic heterocycles. The Morgan fingerprint density at radius 2 is 2.38 bits per heavy atom. The summed E-state index contributed by atoms with van der Waals surface area (Å²) in [6.07, 6.45) is 3.40. The number of rotatable bonds is 1. The summed E-state index contributed by atoms with van der Waals surface area (Å²) < 4.78 is 0. The molecule has 0 amide bonds. The average Bonchev–Trinajstić information content (AvgIpc) is 2.61. The largest absolute Gasteiger partial charge is 0.328 e. The lowest BCUT2D eigenvalue weighted by Crippen LogP contribution is -2.07. The van der Waals surface area contributed by atoms with Crippen LogP contribution in [-0.2, 0) is 0 Å². The fourth-order valence-electron chi connectivity index (χ4n) is 1.12. The number of aromatic nitrogens is 2. The van der Waals surface area contributed by atoms with Gasteiger partial charge in [0.05, 0.1) is 16.0 Å². The van der Waals surface area contributed by atoms with E-state index in [0.29, 0.717) is 5.56 Å². The molecule has 1 N–H and O–H groups in total. The minimum atomic E-state index is -0.0603. The van der Waals surface area contributed by atoms with Gasteiger partial charge in [0.1, 0.15) is 0 Å². The molecular formula is C9H8N2OS. The van der Waals surface area contributed by atoms with Crippen LogP contribution in [0.5, 0.6) is 0 Å². The summed E-state index contributed by atoms with van der Waals surface area (Å²) in [5.41, 5.74) is 3.40. The van der Waals surface area contributed by atoms with Gasteiger partial charge < -0.3 is 4.98 Å². The summed E-state index contributed by atoms with van der Waals surface area (Å²) >= 11 is 1.47. The lowest BCUT2D eigenvalue weighted by molar-refractivity contribution is 1.20. The van der Waals surface area contributed by atoms with Crippen molar-refractivity contribution < 1.29 is 0 Å². The van der Waals surface area contributed by atoms with E-state index in [0.717, 1.165) is 10.4 Å². The molecule has 0 bridgehead atoms. The maximum Gasteiger partial charge on any atom is 0.256 e. The fourth-order valence-corrected chi connectivity index (χ4v) is 1.76. The van der Waals surface area contributed by atoms with Crippen molar-refractivity contribution in [2.45, 2.75) is 6.92 Å². The van der Waals surface area contributed by atoms with Gasteiger partial charge in [0.15, 0.2) is 0 Å². The van der Waals surface area contributed by atoms with Crippen LogP contribution in [0.1, 0.15) is 5.56 Å². The zero-order chi connectivity index (χ0) is 9.26. The highest BCUT2D eigenvalue weighted by Gasteiger charge is 2.03. The molecule has 3 nitrogen and oxygen atoms in total. The monoisotopic (exact) mass is 192 g/mol. The molecule has 0 saturated carbocycles. The lowest BCUT2D eigenvalue weighted by Gasteiger charge is -1.96. The van der Waals surface area contributed by atoms with Gasteiger partial charge in [-0.15, -0.1) is 11.3 Å². The van der Waals surface area contributed by atoms with Crippen molar-refractivity contribution in [2.75, 3.05) is 0 Å². The van der Waals surface area contributed by atoms with Gasteiger partial charge in [-0.3, -0.25) is 9.78 Å². The van der Waals surface area contributed by atoms with E-state index >= 15 is 0 Å². The maximum absolute atomic E-state index is 11.4. The number of H-pyrrole nitrogens is 1. The van der Waals surface area contributed by atoms with Crippen molar-refractivity contribution in [1.82, 2.24) is 9.97 Å². The molecule has 0 aliphatic rings. The van der Waals surface area contributed by atoms with Gasteiger partial charge in [-0.1, -0.05) is 0 Å². The Morgan fingerprint density at radius 1 is 1.54 bits per heavy atom. The molecule has 13 heavy (non-hydrogen) atoms. The van der Waals surface area contributed by atoms with Crippen molar-refractivity contribution in [2.24, 2.45) is 0 Å². The highest BCUT2D eigenvalue weighted by Crippen LogP contribution is 2.19. The van der Waals surface area contributed by atoms with E-state index in [1.54, 1.807) is 17.9 Å². The van der Waals surface area contributed by atoms with Crippen LogP contribution < -0.4 is 5.56 Å². The van der Waals surface area contributed by atoms with Crippen molar-refractivity contribution >= 4 is 11.3 Å². The van der Waals surface area contributed by atoms with E-state index in [4.69, 9.17) is 0 Å². The second-order valence-electron chi connectivity index (χ2n) is 2.79. The van der Waals surface area contributed by atoms with E-state index in [1.165, 1.54) is 11.3 Å². The predicted octanol–water partition coefficient (Wildman–Crippen LogP) is 1.81. The summed E-state index contributed by atoms with van der Waals surface area (Å²) in [5.74, 6) is 0. The van der Waals surface area contributed by atoms with Gasteiger partial charge in [-0.05, 0) is 18.6 Å². The van der Waals surface area contributed by atoms with Gasteiger partial charge >= 0.3 is 0 Å². The Hall–Kier alpha value is -1.42. The van der Waals surface area contributed by atoms with Gasteiger partial charge in [0.25, 0.3) is 5.56 Å². The van der Waals surface area contributed by atoms with E-state index in [1.807, 2.05) is 13.0 Å². The first kappa shape index (κ1) is 8.19.